The van der Waals surface area contributed by atoms with Crippen LogP contribution in [0.4, 0.5) is 0 Å². The van der Waals surface area contributed by atoms with Crippen LogP contribution in [0.1, 0.15) is 11.3 Å². The number of halogens is 1. The number of nitrogens with two attached hydrogens (primary N) is 1. The van der Waals surface area contributed by atoms with Crippen molar-refractivity contribution in [2.24, 2.45) is 5.73 Å². The lowest BCUT2D eigenvalue weighted by Crippen LogP contribution is -2.02. The second-order valence-corrected chi connectivity index (χ2v) is 4.60. The van der Waals surface area contributed by atoms with E-state index in [9.17, 15) is 0 Å². The van der Waals surface area contributed by atoms with Crippen LogP contribution >= 0.6 is 15.9 Å². The molecule has 2 N–H and O–H groups in total. The average Bonchev–Trinajstić information content (AvgIpc) is 2.71. The molecule has 4 heteroatoms. The number of aromatic nitrogens is 2. The van der Waals surface area contributed by atoms with Crippen molar-refractivity contribution in [2.75, 3.05) is 6.54 Å². The quantitative estimate of drug-likeness (QED) is 0.938. The summed E-state index contributed by atoms with van der Waals surface area (Å²) in [5, 5.41) is 0. The van der Waals surface area contributed by atoms with Crippen LogP contribution in [0.25, 0.3) is 5.69 Å². The zero-order valence-corrected chi connectivity index (χ0v) is 10.7. The molecule has 0 aliphatic heterocycles. The first-order valence-corrected chi connectivity index (χ1v) is 5.99. The van der Waals surface area contributed by atoms with Crippen molar-refractivity contribution < 1.29 is 0 Å². The van der Waals surface area contributed by atoms with Crippen LogP contribution in [0.15, 0.2) is 35.2 Å². The Morgan fingerprint density at radius 1 is 1.44 bits per heavy atom. The molecule has 0 spiro atoms. The Balaban J connectivity index is 2.31. The van der Waals surface area contributed by atoms with Crippen molar-refractivity contribution in [1.29, 1.82) is 0 Å². The molecule has 0 atom stereocenters. The molecule has 0 saturated carbocycles. The molecule has 1 heterocycles. The lowest BCUT2D eigenvalue weighted by molar-refractivity contribution is 0.934. The third kappa shape index (κ3) is 2.33. The first-order chi connectivity index (χ1) is 7.70. The molecule has 1 aromatic heterocycles. The average molecular weight is 280 g/mol. The Kier molecular flexibility index (Phi) is 3.41. The molecule has 0 aliphatic rings. The maximum atomic E-state index is 5.50. The minimum atomic E-state index is 0.635. The van der Waals surface area contributed by atoms with Gasteiger partial charge in [-0.3, -0.25) is 0 Å². The van der Waals surface area contributed by atoms with Gasteiger partial charge in [0.15, 0.2) is 0 Å². The number of imidazole rings is 1. The molecule has 0 fully saturated rings. The van der Waals surface area contributed by atoms with Crippen LogP contribution in [0.2, 0.25) is 0 Å². The van der Waals surface area contributed by atoms with E-state index in [4.69, 9.17) is 5.73 Å². The van der Waals surface area contributed by atoms with E-state index in [0.717, 1.165) is 22.3 Å². The second-order valence-electron chi connectivity index (χ2n) is 3.74. The van der Waals surface area contributed by atoms with Gasteiger partial charge in [0.25, 0.3) is 0 Å². The van der Waals surface area contributed by atoms with Crippen molar-refractivity contribution in [1.82, 2.24) is 9.55 Å². The highest BCUT2D eigenvalue weighted by Gasteiger charge is 2.02. The van der Waals surface area contributed by atoms with Crippen LogP contribution in [0.3, 0.4) is 0 Å². The SMILES string of the molecule is Cc1cc(-n2cnc(CCN)c2)ccc1Br. The van der Waals surface area contributed by atoms with Crippen LogP contribution < -0.4 is 5.73 Å². The zero-order chi connectivity index (χ0) is 11.5. The molecule has 0 radical (unpaired) electrons. The van der Waals surface area contributed by atoms with Gasteiger partial charge >= 0.3 is 0 Å². The normalized spacial score (nSPS) is 10.7. The Bertz CT molecular complexity index is 491. The summed E-state index contributed by atoms with van der Waals surface area (Å²) in [6, 6.07) is 6.23. The van der Waals surface area contributed by atoms with E-state index >= 15 is 0 Å². The van der Waals surface area contributed by atoms with E-state index in [0.29, 0.717) is 6.54 Å². The van der Waals surface area contributed by atoms with Gasteiger partial charge in [0.2, 0.25) is 0 Å². The van der Waals surface area contributed by atoms with E-state index in [1.807, 2.05) is 23.2 Å². The number of nitrogens with zero attached hydrogens (tertiary/aromatic N) is 2. The van der Waals surface area contributed by atoms with Crippen molar-refractivity contribution in [2.45, 2.75) is 13.3 Å². The Labute approximate surface area is 103 Å². The minimum Gasteiger partial charge on any atom is -0.330 e. The Morgan fingerprint density at radius 2 is 2.25 bits per heavy atom. The smallest absolute Gasteiger partial charge is 0.0995 e. The van der Waals surface area contributed by atoms with Gasteiger partial charge < -0.3 is 10.3 Å². The van der Waals surface area contributed by atoms with Crippen molar-refractivity contribution in [3.8, 4) is 5.69 Å². The van der Waals surface area contributed by atoms with Gasteiger partial charge in [0.05, 0.1) is 12.0 Å². The fourth-order valence-corrected chi connectivity index (χ4v) is 1.82. The number of aryl methyl sites for hydroxylation is 1. The minimum absolute atomic E-state index is 0.635. The van der Waals surface area contributed by atoms with Crippen LogP contribution in [-0.2, 0) is 6.42 Å². The fraction of sp³-hybridized carbons (Fsp3) is 0.250. The highest BCUT2D eigenvalue weighted by molar-refractivity contribution is 9.10. The molecule has 0 unspecified atom stereocenters. The summed E-state index contributed by atoms with van der Waals surface area (Å²) in [5.74, 6) is 0. The van der Waals surface area contributed by atoms with Crippen molar-refractivity contribution in [3.63, 3.8) is 0 Å². The lowest BCUT2D eigenvalue weighted by atomic mass is 10.2. The fourth-order valence-electron chi connectivity index (χ4n) is 1.57. The lowest BCUT2D eigenvalue weighted by Gasteiger charge is -2.04. The van der Waals surface area contributed by atoms with Crippen molar-refractivity contribution >= 4 is 15.9 Å². The molecular weight excluding hydrogens is 266 g/mol. The predicted octanol–water partition coefficient (Wildman–Crippen LogP) is 2.44. The van der Waals surface area contributed by atoms with Gasteiger partial charge in [-0.05, 0) is 37.2 Å². The molecule has 2 rings (SSSR count). The molecule has 0 bridgehead atoms. The highest BCUT2D eigenvalue weighted by Crippen LogP contribution is 2.19. The number of hydrogen-bond donors (Lipinski definition) is 1. The second kappa shape index (κ2) is 4.80. The van der Waals surface area contributed by atoms with E-state index in [-0.39, 0.29) is 0 Å². The van der Waals surface area contributed by atoms with Crippen LogP contribution in [0, 0.1) is 6.92 Å². The van der Waals surface area contributed by atoms with E-state index < -0.39 is 0 Å². The molecule has 0 aliphatic carbocycles. The van der Waals surface area contributed by atoms with E-state index in [2.05, 4.69) is 40.0 Å². The summed E-state index contributed by atoms with van der Waals surface area (Å²) < 4.78 is 3.14. The molecule has 1 aromatic carbocycles. The summed E-state index contributed by atoms with van der Waals surface area (Å²) in [6.45, 7) is 2.71. The van der Waals surface area contributed by atoms with Gasteiger partial charge in [0, 0.05) is 22.8 Å². The summed E-state index contributed by atoms with van der Waals surface area (Å²) in [6.07, 6.45) is 4.67. The van der Waals surface area contributed by atoms with E-state index in [1.54, 1.807) is 0 Å². The maximum Gasteiger partial charge on any atom is 0.0995 e. The van der Waals surface area contributed by atoms with Crippen LogP contribution in [-0.4, -0.2) is 16.1 Å². The molecule has 0 saturated heterocycles. The van der Waals surface area contributed by atoms with Crippen LogP contribution in [0.5, 0.6) is 0 Å². The predicted molar refractivity (Wildman–Crippen MR) is 68.8 cm³/mol. The van der Waals surface area contributed by atoms with Gasteiger partial charge in [-0.15, -0.1) is 0 Å². The first-order valence-electron chi connectivity index (χ1n) is 5.20. The zero-order valence-electron chi connectivity index (χ0n) is 9.15. The molecule has 0 amide bonds. The van der Waals surface area contributed by atoms with Gasteiger partial charge in [-0.25, -0.2) is 4.98 Å². The third-order valence-corrected chi connectivity index (χ3v) is 3.37. The first kappa shape index (κ1) is 11.4. The van der Waals surface area contributed by atoms with Crippen molar-refractivity contribution in [3.05, 3.63) is 46.5 Å². The molecular formula is C12H14BrN3. The number of rotatable bonds is 3. The summed E-state index contributed by atoms with van der Waals surface area (Å²) in [5.41, 5.74) is 8.86. The molecule has 84 valence electrons. The summed E-state index contributed by atoms with van der Waals surface area (Å²) >= 11 is 3.49. The third-order valence-electron chi connectivity index (χ3n) is 2.48. The molecule has 3 nitrogen and oxygen atoms in total. The molecule has 16 heavy (non-hydrogen) atoms. The Hall–Kier alpha value is -1.13. The topological polar surface area (TPSA) is 43.8 Å². The largest absolute Gasteiger partial charge is 0.330 e. The van der Waals surface area contributed by atoms with Gasteiger partial charge in [-0.1, -0.05) is 15.9 Å². The monoisotopic (exact) mass is 279 g/mol. The standard InChI is InChI=1S/C12H14BrN3/c1-9-6-11(2-3-12(9)13)16-7-10(4-5-14)15-8-16/h2-3,6-8H,4-5,14H2,1H3. The number of hydrogen-bond acceptors (Lipinski definition) is 2. The summed E-state index contributed by atoms with van der Waals surface area (Å²) in [4.78, 5) is 4.31. The summed E-state index contributed by atoms with van der Waals surface area (Å²) in [7, 11) is 0. The highest BCUT2D eigenvalue weighted by atomic mass is 79.9. The number of benzene rings is 1. The van der Waals surface area contributed by atoms with E-state index in [1.165, 1.54) is 5.56 Å². The Morgan fingerprint density at radius 3 is 2.94 bits per heavy atom. The van der Waals surface area contributed by atoms with Gasteiger partial charge in [-0.2, -0.15) is 0 Å². The van der Waals surface area contributed by atoms with Gasteiger partial charge in [0.1, 0.15) is 0 Å². The maximum absolute atomic E-state index is 5.50. The molecule has 2 aromatic rings.